The third-order valence-electron chi connectivity index (χ3n) is 2.07. The Morgan fingerprint density at radius 1 is 1.69 bits per heavy atom. The Hall–Kier alpha value is -1.62. The molecule has 0 aliphatic carbocycles. The molecule has 16 heavy (non-hydrogen) atoms. The molecule has 0 aromatic carbocycles. The predicted octanol–water partition coefficient (Wildman–Crippen LogP) is 2.30. The largest absolute Gasteiger partial charge is 0.461 e. The standard InChI is InChI=1S/C10H8ClFN2O2/c1-2-16-10(15)9-8(11)7(12)3-6-4-13-5-14(6)9/h3-5H,2H2,1H3. The molecule has 0 amide bonds. The second-order valence-corrected chi connectivity index (χ2v) is 3.44. The molecule has 0 saturated carbocycles. The van der Waals surface area contributed by atoms with E-state index in [-0.39, 0.29) is 17.3 Å². The SMILES string of the molecule is CCOC(=O)c1c(Cl)c(F)cc2cncn12. The summed E-state index contributed by atoms with van der Waals surface area (Å²) in [5, 5.41) is -0.260. The number of hydrogen-bond acceptors (Lipinski definition) is 3. The molecule has 0 bridgehead atoms. The lowest BCUT2D eigenvalue weighted by atomic mass is 10.3. The van der Waals surface area contributed by atoms with Crippen LogP contribution in [-0.4, -0.2) is 22.0 Å². The topological polar surface area (TPSA) is 43.6 Å². The summed E-state index contributed by atoms with van der Waals surface area (Å²) in [6.45, 7) is 1.86. The fourth-order valence-corrected chi connectivity index (χ4v) is 1.62. The maximum absolute atomic E-state index is 13.4. The Balaban J connectivity index is 2.69. The molecule has 0 atom stereocenters. The predicted molar refractivity (Wildman–Crippen MR) is 56.1 cm³/mol. The molecule has 2 aromatic rings. The van der Waals surface area contributed by atoms with Gasteiger partial charge in [-0.05, 0) is 6.92 Å². The molecule has 0 N–H and O–H groups in total. The number of aromatic nitrogens is 2. The van der Waals surface area contributed by atoms with Gasteiger partial charge in [0.15, 0.2) is 5.69 Å². The van der Waals surface area contributed by atoms with Gasteiger partial charge in [-0.2, -0.15) is 0 Å². The van der Waals surface area contributed by atoms with E-state index in [9.17, 15) is 9.18 Å². The molecular formula is C10H8ClFN2O2. The van der Waals surface area contributed by atoms with E-state index < -0.39 is 11.8 Å². The van der Waals surface area contributed by atoms with Crippen molar-refractivity contribution in [3.63, 3.8) is 0 Å². The number of esters is 1. The van der Waals surface area contributed by atoms with Crippen molar-refractivity contribution in [1.29, 1.82) is 0 Å². The fourth-order valence-electron chi connectivity index (χ4n) is 1.40. The highest BCUT2D eigenvalue weighted by atomic mass is 35.5. The molecule has 0 aliphatic rings. The zero-order valence-electron chi connectivity index (χ0n) is 8.41. The van der Waals surface area contributed by atoms with Crippen LogP contribution in [0.25, 0.3) is 5.52 Å². The number of pyridine rings is 1. The van der Waals surface area contributed by atoms with Gasteiger partial charge in [-0.1, -0.05) is 11.6 Å². The van der Waals surface area contributed by atoms with E-state index in [0.717, 1.165) is 0 Å². The number of carbonyl (C=O) groups excluding carboxylic acids is 1. The van der Waals surface area contributed by atoms with E-state index in [2.05, 4.69) is 4.98 Å². The van der Waals surface area contributed by atoms with Crippen LogP contribution in [0.3, 0.4) is 0 Å². The number of halogens is 2. The Morgan fingerprint density at radius 3 is 3.12 bits per heavy atom. The van der Waals surface area contributed by atoms with E-state index in [1.54, 1.807) is 6.92 Å². The van der Waals surface area contributed by atoms with Gasteiger partial charge in [0.25, 0.3) is 0 Å². The fraction of sp³-hybridized carbons (Fsp3) is 0.200. The van der Waals surface area contributed by atoms with Gasteiger partial charge in [0, 0.05) is 6.07 Å². The monoisotopic (exact) mass is 242 g/mol. The summed E-state index contributed by atoms with van der Waals surface area (Å²) >= 11 is 5.74. The molecule has 0 fully saturated rings. The van der Waals surface area contributed by atoms with Crippen molar-refractivity contribution in [3.8, 4) is 0 Å². The Bertz CT molecular complexity index is 553. The van der Waals surface area contributed by atoms with E-state index >= 15 is 0 Å². The van der Waals surface area contributed by atoms with Gasteiger partial charge in [0.2, 0.25) is 0 Å². The quantitative estimate of drug-likeness (QED) is 0.759. The molecule has 2 aromatic heterocycles. The van der Waals surface area contributed by atoms with Crippen LogP contribution < -0.4 is 0 Å². The van der Waals surface area contributed by atoms with Crippen LogP contribution in [0.4, 0.5) is 4.39 Å². The normalized spacial score (nSPS) is 10.7. The van der Waals surface area contributed by atoms with E-state index in [1.165, 1.54) is 23.0 Å². The van der Waals surface area contributed by atoms with Crippen LogP contribution in [-0.2, 0) is 4.74 Å². The first-order valence-electron chi connectivity index (χ1n) is 4.62. The number of fused-ring (bicyclic) bond motifs is 1. The maximum Gasteiger partial charge on any atom is 0.357 e. The lowest BCUT2D eigenvalue weighted by molar-refractivity contribution is 0.0517. The first-order chi connectivity index (χ1) is 7.65. The molecule has 2 rings (SSSR count). The second-order valence-electron chi connectivity index (χ2n) is 3.06. The van der Waals surface area contributed by atoms with Crippen LogP contribution in [0, 0.1) is 5.82 Å². The third-order valence-corrected chi connectivity index (χ3v) is 2.43. The summed E-state index contributed by atoms with van der Waals surface area (Å²) < 4.78 is 19.6. The van der Waals surface area contributed by atoms with Gasteiger partial charge in [-0.15, -0.1) is 0 Å². The average Bonchev–Trinajstić information content (AvgIpc) is 2.67. The highest BCUT2D eigenvalue weighted by molar-refractivity contribution is 6.33. The van der Waals surface area contributed by atoms with Crippen molar-refractivity contribution in [2.24, 2.45) is 0 Å². The highest BCUT2D eigenvalue weighted by Crippen LogP contribution is 2.23. The first-order valence-corrected chi connectivity index (χ1v) is 5.00. The summed E-state index contributed by atoms with van der Waals surface area (Å²) in [5.74, 6) is -1.34. The molecular weight excluding hydrogens is 235 g/mol. The zero-order valence-corrected chi connectivity index (χ0v) is 9.16. The lowest BCUT2D eigenvalue weighted by Crippen LogP contribution is -2.11. The zero-order chi connectivity index (χ0) is 11.7. The second kappa shape index (κ2) is 4.09. The minimum absolute atomic E-state index is 0.0454. The smallest absolute Gasteiger partial charge is 0.357 e. The van der Waals surface area contributed by atoms with Crippen LogP contribution in [0.2, 0.25) is 5.02 Å². The van der Waals surface area contributed by atoms with Crippen LogP contribution in [0.15, 0.2) is 18.6 Å². The van der Waals surface area contributed by atoms with Crippen molar-refractivity contribution in [3.05, 3.63) is 35.1 Å². The van der Waals surface area contributed by atoms with E-state index in [1.807, 2.05) is 0 Å². The first kappa shape index (κ1) is 10.9. The van der Waals surface area contributed by atoms with Crippen LogP contribution in [0.5, 0.6) is 0 Å². The summed E-state index contributed by atoms with van der Waals surface area (Å²) in [6.07, 6.45) is 2.81. The Kier molecular flexibility index (Phi) is 2.78. The van der Waals surface area contributed by atoms with Crippen molar-refractivity contribution >= 4 is 23.1 Å². The average molecular weight is 243 g/mol. The van der Waals surface area contributed by atoms with Crippen LogP contribution in [0.1, 0.15) is 17.4 Å². The molecule has 0 aliphatic heterocycles. The number of nitrogens with zero attached hydrogens (tertiary/aromatic N) is 2. The molecule has 84 valence electrons. The number of imidazole rings is 1. The van der Waals surface area contributed by atoms with Crippen molar-refractivity contribution in [2.75, 3.05) is 6.61 Å². The molecule has 4 nitrogen and oxygen atoms in total. The minimum Gasteiger partial charge on any atom is -0.461 e. The van der Waals surface area contributed by atoms with Gasteiger partial charge in [-0.3, -0.25) is 4.40 Å². The number of ether oxygens (including phenoxy) is 1. The van der Waals surface area contributed by atoms with Crippen molar-refractivity contribution in [2.45, 2.75) is 6.92 Å². The van der Waals surface area contributed by atoms with Gasteiger partial charge in [0.05, 0.1) is 24.6 Å². The Labute approximate surface area is 95.6 Å². The third kappa shape index (κ3) is 1.63. The summed E-state index contributed by atoms with van der Waals surface area (Å²) in [7, 11) is 0. The van der Waals surface area contributed by atoms with Gasteiger partial charge in [-0.25, -0.2) is 14.2 Å². The minimum atomic E-state index is -0.671. The number of carbonyl (C=O) groups is 1. The molecule has 0 radical (unpaired) electrons. The van der Waals surface area contributed by atoms with Crippen LogP contribution >= 0.6 is 11.6 Å². The summed E-state index contributed by atoms with van der Waals surface area (Å²) in [5.41, 5.74) is 0.404. The van der Waals surface area contributed by atoms with Crippen molar-refractivity contribution < 1.29 is 13.9 Å². The summed E-state index contributed by atoms with van der Waals surface area (Å²) in [4.78, 5) is 15.4. The molecule has 0 saturated heterocycles. The molecule has 0 spiro atoms. The maximum atomic E-state index is 13.4. The number of rotatable bonds is 2. The highest BCUT2D eigenvalue weighted by Gasteiger charge is 2.19. The summed E-state index contributed by atoms with van der Waals surface area (Å²) in [6, 6.07) is 1.21. The van der Waals surface area contributed by atoms with Gasteiger partial charge in [0.1, 0.15) is 10.8 Å². The number of hydrogen-bond donors (Lipinski definition) is 0. The van der Waals surface area contributed by atoms with Gasteiger partial charge >= 0.3 is 5.97 Å². The molecule has 2 heterocycles. The van der Waals surface area contributed by atoms with E-state index in [4.69, 9.17) is 16.3 Å². The van der Waals surface area contributed by atoms with Gasteiger partial charge < -0.3 is 4.74 Å². The lowest BCUT2D eigenvalue weighted by Gasteiger charge is -2.07. The van der Waals surface area contributed by atoms with E-state index in [0.29, 0.717) is 5.52 Å². The Morgan fingerprint density at radius 2 is 2.44 bits per heavy atom. The van der Waals surface area contributed by atoms with Crippen molar-refractivity contribution in [1.82, 2.24) is 9.38 Å². The molecule has 0 unspecified atom stereocenters. The molecule has 6 heteroatoms.